The van der Waals surface area contributed by atoms with E-state index in [4.69, 9.17) is 5.73 Å². The molecule has 78 valence electrons. The van der Waals surface area contributed by atoms with E-state index in [0.717, 1.165) is 15.8 Å². The summed E-state index contributed by atoms with van der Waals surface area (Å²) in [5, 5.41) is 7.26. The summed E-state index contributed by atoms with van der Waals surface area (Å²) in [6.07, 6.45) is 3.64. The summed E-state index contributed by atoms with van der Waals surface area (Å²) in [7, 11) is 1.87. The van der Waals surface area contributed by atoms with Crippen LogP contribution in [0.4, 0.5) is 17.1 Å². The maximum Gasteiger partial charge on any atom is 0.0770 e. The fourth-order valence-corrected chi connectivity index (χ4v) is 1.64. The summed E-state index contributed by atoms with van der Waals surface area (Å²) < 4.78 is 2.72. The zero-order valence-electron chi connectivity index (χ0n) is 8.24. The zero-order valence-corrected chi connectivity index (χ0v) is 9.82. The van der Waals surface area contributed by atoms with Crippen LogP contribution in [0.2, 0.25) is 0 Å². The van der Waals surface area contributed by atoms with Crippen molar-refractivity contribution in [2.24, 2.45) is 7.05 Å². The maximum atomic E-state index is 5.83. The average Bonchev–Trinajstić information content (AvgIpc) is 2.58. The van der Waals surface area contributed by atoms with Gasteiger partial charge < -0.3 is 11.1 Å². The molecule has 2 aromatic rings. The Kier molecular flexibility index (Phi) is 2.64. The Bertz CT molecular complexity index is 478. The van der Waals surface area contributed by atoms with Crippen LogP contribution in [0.25, 0.3) is 0 Å². The highest BCUT2D eigenvalue weighted by atomic mass is 79.9. The molecule has 0 atom stereocenters. The first kappa shape index (κ1) is 10.0. The van der Waals surface area contributed by atoms with Crippen molar-refractivity contribution in [3.05, 3.63) is 35.1 Å². The van der Waals surface area contributed by atoms with Crippen LogP contribution >= 0.6 is 15.9 Å². The van der Waals surface area contributed by atoms with E-state index < -0.39 is 0 Å². The van der Waals surface area contributed by atoms with E-state index in [9.17, 15) is 0 Å². The quantitative estimate of drug-likeness (QED) is 0.822. The van der Waals surface area contributed by atoms with Gasteiger partial charge in [0.25, 0.3) is 0 Å². The predicted octanol–water partition coefficient (Wildman–Crippen LogP) is 2.51. The number of anilines is 3. The average molecular weight is 267 g/mol. The molecule has 2 rings (SSSR count). The van der Waals surface area contributed by atoms with Crippen LogP contribution in [0.1, 0.15) is 0 Å². The van der Waals surface area contributed by atoms with Gasteiger partial charge in [-0.2, -0.15) is 5.10 Å². The molecule has 1 aromatic carbocycles. The first-order valence-corrected chi connectivity index (χ1v) is 5.25. The number of aromatic nitrogens is 2. The summed E-state index contributed by atoms with van der Waals surface area (Å²) in [5.74, 6) is 0. The zero-order chi connectivity index (χ0) is 10.8. The van der Waals surface area contributed by atoms with Crippen LogP contribution in [0.3, 0.4) is 0 Å². The van der Waals surface area contributed by atoms with Gasteiger partial charge >= 0.3 is 0 Å². The molecule has 5 heteroatoms. The van der Waals surface area contributed by atoms with Crippen LogP contribution in [0.15, 0.2) is 35.1 Å². The summed E-state index contributed by atoms with van der Waals surface area (Å²) in [6, 6.07) is 5.69. The van der Waals surface area contributed by atoms with E-state index in [0.29, 0.717) is 5.69 Å². The van der Waals surface area contributed by atoms with E-state index in [-0.39, 0.29) is 0 Å². The maximum absolute atomic E-state index is 5.83. The Morgan fingerprint density at radius 2 is 2.27 bits per heavy atom. The van der Waals surface area contributed by atoms with Crippen LogP contribution in [0.5, 0.6) is 0 Å². The minimum atomic E-state index is 0.710. The van der Waals surface area contributed by atoms with Crippen molar-refractivity contribution in [2.45, 2.75) is 0 Å². The van der Waals surface area contributed by atoms with Crippen LogP contribution < -0.4 is 11.1 Å². The molecule has 0 spiro atoms. The molecule has 0 fully saturated rings. The number of nitrogens with zero attached hydrogens (tertiary/aromatic N) is 2. The number of nitrogens with one attached hydrogen (secondary N) is 1. The molecule has 0 aliphatic carbocycles. The van der Waals surface area contributed by atoms with E-state index in [1.807, 2.05) is 31.4 Å². The molecule has 1 aromatic heterocycles. The van der Waals surface area contributed by atoms with Crippen molar-refractivity contribution in [3.63, 3.8) is 0 Å². The number of hydrogen-bond acceptors (Lipinski definition) is 3. The van der Waals surface area contributed by atoms with Crippen molar-refractivity contribution in [2.75, 3.05) is 11.1 Å². The van der Waals surface area contributed by atoms with Gasteiger partial charge in [-0.3, -0.25) is 4.68 Å². The topological polar surface area (TPSA) is 55.9 Å². The van der Waals surface area contributed by atoms with Crippen molar-refractivity contribution >= 4 is 33.0 Å². The summed E-state index contributed by atoms with van der Waals surface area (Å²) in [4.78, 5) is 0. The van der Waals surface area contributed by atoms with Gasteiger partial charge in [0.05, 0.1) is 23.3 Å². The summed E-state index contributed by atoms with van der Waals surface area (Å²) in [6.45, 7) is 0. The Hall–Kier alpha value is -1.49. The van der Waals surface area contributed by atoms with E-state index in [2.05, 4.69) is 26.3 Å². The number of aryl methyl sites for hydroxylation is 1. The third-order valence-electron chi connectivity index (χ3n) is 2.00. The standard InChI is InChI=1S/C10H11BrN4/c1-15-6-8(5-13-15)14-10-4-7(11)2-3-9(10)12/h2-6,14H,12H2,1H3. The van der Waals surface area contributed by atoms with Gasteiger partial charge in [-0.05, 0) is 18.2 Å². The highest BCUT2D eigenvalue weighted by molar-refractivity contribution is 9.10. The van der Waals surface area contributed by atoms with Crippen molar-refractivity contribution < 1.29 is 0 Å². The molecule has 0 aliphatic heterocycles. The molecule has 0 radical (unpaired) electrons. The van der Waals surface area contributed by atoms with Gasteiger partial charge in [-0.15, -0.1) is 0 Å². The Labute approximate surface area is 96.2 Å². The highest BCUT2D eigenvalue weighted by Gasteiger charge is 2.01. The number of halogens is 1. The molecular weight excluding hydrogens is 256 g/mol. The number of nitrogen functional groups attached to an aromatic ring is 1. The van der Waals surface area contributed by atoms with Gasteiger partial charge in [0, 0.05) is 17.7 Å². The fraction of sp³-hybridized carbons (Fsp3) is 0.100. The highest BCUT2D eigenvalue weighted by Crippen LogP contribution is 2.26. The van der Waals surface area contributed by atoms with Crippen molar-refractivity contribution in [3.8, 4) is 0 Å². The Morgan fingerprint density at radius 1 is 1.47 bits per heavy atom. The third kappa shape index (κ3) is 2.30. The van der Waals surface area contributed by atoms with Gasteiger partial charge in [-0.1, -0.05) is 15.9 Å². The van der Waals surface area contributed by atoms with E-state index in [1.54, 1.807) is 10.9 Å². The second-order valence-corrected chi connectivity index (χ2v) is 4.17. The minimum absolute atomic E-state index is 0.710. The molecular formula is C10H11BrN4. The van der Waals surface area contributed by atoms with Gasteiger partial charge in [-0.25, -0.2) is 0 Å². The molecule has 1 heterocycles. The molecule has 15 heavy (non-hydrogen) atoms. The minimum Gasteiger partial charge on any atom is -0.397 e. The lowest BCUT2D eigenvalue weighted by atomic mass is 10.2. The van der Waals surface area contributed by atoms with Gasteiger partial charge in [0.1, 0.15) is 0 Å². The lowest BCUT2D eigenvalue weighted by molar-refractivity contribution is 0.768. The third-order valence-corrected chi connectivity index (χ3v) is 2.49. The lowest BCUT2D eigenvalue weighted by Gasteiger charge is -2.07. The first-order chi connectivity index (χ1) is 7.15. The number of hydrogen-bond donors (Lipinski definition) is 2. The number of nitrogens with two attached hydrogens (primary N) is 1. The second-order valence-electron chi connectivity index (χ2n) is 3.26. The SMILES string of the molecule is Cn1cc(Nc2cc(Br)ccc2N)cn1. The van der Waals surface area contributed by atoms with Crippen molar-refractivity contribution in [1.82, 2.24) is 9.78 Å². The lowest BCUT2D eigenvalue weighted by Crippen LogP contribution is -1.95. The number of rotatable bonds is 2. The van der Waals surface area contributed by atoms with Crippen LogP contribution in [0, 0.1) is 0 Å². The van der Waals surface area contributed by atoms with Crippen LogP contribution in [-0.4, -0.2) is 9.78 Å². The molecule has 4 nitrogen and oxygen atoms in total. The molecule has 0 bridgehead atoms. The van der Waals surface area contributed by atoms with E-state index >= 15 is 0 Å². The normalized spacial score (nSPS) is 10.3. The predicted molar refractivity (Wildman–Crippen MR) is 65.0 cm³/mol. The summed E-state index contributed by atoms with van der Waals surface area (Å²) in [5.41, 5.74) is 8.34. The van der Waals surface area contributed by atoms with E-state index in [1.165, 1.54) is 0 Å². The monoisotopic (exact) mass is 266 g/mol. The Morgan fingerprint density at radius 3 is 2.93 bits per heavy atom. The number of benzene rings is 1. The first-order valence-electron chi connectivity index (χ1n) is 4.46. The Balaban J connectivity index is 2.27. The molecule has 0 amide bonds. The smallest absolute Gasteiger partial charge is 0.0770 e. The summed E-state index contributed by atoms with van der Waals surface area (Å²) >= 11 is 3.40. The van der Waals surface area contributed by atoms with Crippen LogP contribution in [-0.2, 0) is 7.05 Å². The fourth-order valence-electron chi connectivity index (χ4n) is 1.28. The van der Waals surface area contributed by atoms with Gasteiger partial charge in [0.2, 0.25) is 0 Å². The molecule has 0 saturated heterocycles. The molecule has 0 unspecified atom stereocenters. The largest absolute Gasteiger partial charge is 0.397 e. The molecule has 0 aliphatic rings. The molecule has 0 saturated carbocycles. The molecule has 3 N–H and O–H groups in total. The van der Waals surface area contributed by atoms with Crippen molar-refractivity contribution in [1.29, 1.82) is 0 Å². The second kappa shape index (κ2) is 3.94. The van der Waals surface area contributed by atoms with Gasteiger partial charge in [0.15, 0.2) is 0 Å².